The molecular weight excluding hydrogens is 434 g/mol. The molecule has 0 aliphatic carbocycles. The lowest BCUT2D eigenvalue weighted by molar-refractivity contribution is 0.0697. The van der Waals surface area contributed by atoms with Crippen molar-refractivity contribution in [2.75, 3.05) is 7.11 Å². The summed E-state index contributed by atoms with van der Waals surface area (Å²) in [5.41, 5.74) is 4.02. The van der Waals surface area contributed by atoms with Crippen LogP contribution in [0.4, 0.5) is 5.69 Å². The Hall–Kier alpha value is -3.12. The summed E-state index contributed by atoms with van der Waals surface area (Å²) in [4.78, 5) is 15.4. The van der Waals surface area contributed by atoms with Gasteiger partial charge in [-0.2, -0.15) is 0 Å². The van der Waals surface area contributed by atoms with Gasteiger partial charge in [0.15, 0.2) is 11.5 Å². The van der Waals surface area contributed by atoms with Crippen molar-refractivity contribution in [2.45, 2.75) is 13.5 Å². The van der Waals surface area contributed by atoms with Crippen molar-refractivity contribution in [3.05, 3.63) is 87.4 Å². The number of carboxylic acid groups (broad SMARTS) is 1. The molecule has 0 aromatic heterocycles. The Morgan fingerprint density at radius 2 is 1.79 bits per heavy atom. The number of halogens is 1. The van der Waals surface area contributed by atoms with E-state index >= 15 is 0 Å². The van der Waals surface area contributed by atoms with Gasteiger partial charge in [0.05, 0.1) is 22.8 Å². The van der Waals surface area contributed by atoms with Crippen molar-refractivity contribution in [1.82, 2.24) is 0 Å². The number of carboxylic acids is 1. The fraction of sp³-hybridized carbons (Fsp3) is 0.130. The minimum atomic E-state index is -0.954. The Kier molecular flexibility index (Phi) is 6.67. The van der Waals surface area contributed by atoms with Gasteiger partial charge in [-0.25, -0.2) is 4.79 Å². The quantitative estimate of drug-likeness (QED) is 0.459. The standard InChI is InChI=1S/C23H20BrNO4/c1-15-3-9-19(10-4-15)25-13-17-11-20(24)22(21(12-17)28-2)29-14-16-5-7-18(8-6-16)23(26)27/h3-13H,14H2,1-2H3,(H,26,27). The predicted molar refractivity (Wildman–Crippen MR) is 117 cm³/mol. The Balaban J connectivity index is 1.75. The summed E-state index contributed by atoms with van der Waals surface area (Å²) >= 11 is 3.53. The third kappa shape index (κ3) is 5.45. The second kappa shape index (κ2) is 9.39. The van der Waals surface area contributed by atoms with Gasteiger partial charge in [0.2, 0.25) is 0 Å². The number of rotatable bonds is 7. The first kappa shape index (κ1) is 20.6. The first-order valence-electron chi connectivity index (χ1n) is 8.89. The summed E-state index contributed by atoms with van der Waals surface area (Å²) in [5.74, 6) is 0.193. The van der Waals surface area contributed by atoms with Crippen LogP contribution in [0.5, 0.6) is 11.5 Å². The van der Waals surface area contributed by atoms with E-state index in [1.165, 1.54) is 5.56 Å². The summed E-state index contributed by atoms with van der Waals surface area (Å²) < 4.78 is 12.1. The van der Waals surface area contributed by atoms with E-state index in [4.69, 9.17) is 14.6 Å². The lowest BCUT2D eigenvalue weighted by Crippen LogP contribution is -2.01. The Morgan fingerprint density at radius 1 is 1.10 bits per heavy atom. The number of ether oxygens (including phenoxy) is 2. The maximum atomic E-state index is 10.9. The van der Waals surface area contributed by atoms with Gasteiger partial charge >= 0.3 is 5.97 Å². The van der Waals surface area contributed by atoms with Crippen molar-refractivity contribution in [2.24, 2.45) is 4.99 Å². The molecule has 0 amide bonds. The topological polar surface area (TPSA) is 68.1 Å². The first-order valence-corrected chi connectivity index (χ1v) is 9.69. The van der Waals surface area contributed by atoms with Gasteiger partial charge in [0.1, 0.15) is 6.61 Å². The van der Waals surface area contributed by atoms with Crippen LogP contribution >= 0.6 is 15.9 Å². The summed E-state index contributed by atoms with van der Waals surface area (Å²) in [5, 5.41) is 8.98. The number of hydrogen-bond acceptors (Lipinski definition) is 4. The zero-order valence-corrected chi connectivity index (χ0v) is 17.6. The second-order valence-electron chi connectivity index (χ2n) is 6.42. The molecule has 0 atom stereocenters. The van der Waals surface area contributed by atoms with Crippen LogP contribution in [0.25, 0.3) is 0 Å². The summed E-state index contributed by atoms with van der Waals surface area (Å²) in [6.45, 7) is 2.32. The fourth-order valence-corrected chi connectivity index (χ4v) is 3.21. The minimum absolute atomic E-state index is 0.240. The monoisotopic (exact) mass is 453 g/mol. The first-order chi connectivity index (χ1) is 14.0. The van der Waals surface area contributed by atoms with Gasteiger partial charge in [0.25, 0.3) is 0 Å². The molecule has 0 saturated heterocycles. The predicted octanol–water partition coefficient (Wildman–Crippen LogP) is 5.79. The molecule has 0 fully saturated rings. The van der Waals surface area contributed by atoms with Gasteiger partial charge in [-0.1, -0.05) is 29.8 Å². The van der Waals surface area contributed by atoms with Crippen LogP contribution in [0.3, 0.4) is 0 Å². The SMILES string of the molecule is COc1cc(C=Nc2ccc(C)cc2)cc(Br)c1OCc1ccc(C(=O)O)cc1. The molecule has 3 aromatic carbocycles. The van der Waals surface area contributed by atoms with Gasteiger partial charge < -0.3 is 14.6 Å². The molecule has 0 radical (unpaired) electrons. The maximum absolute atomic E-state index is 10.9. The van der Waals surface area contributed by atoms with Crippen molar-refractivity contribution < 1.29 is 19.4 Å². The molecule has 29 heavy (non-hydrogen) atoms. The highest BCUT2D eigenvalue weighted by atomic mass is 79.9. The van der Waals surface area contributed by atoms with Crippen molar-refractivity contribution >= 4 is 33.8 Å². The van der Waals surface area contributed by atoms with Crippen molar-refractivity contribution in [1.29, 1.82) is 0 Å². The maximum Gasteiger partial charge on any atom is 0.335 e. The molecule has 0 unspecified atom stereocenters. The molecule has 6 heteroatoms. The second-order valence-corrected chi connectivity index (χ2v) is 7.27. The van der Waals surface area contributed by atoms with E-state index in [9.17, 15) is 4.79 Å². The van der Waals surface area contributed by atoms with Gasteiger partial charge in [0, 0.05) is 6.21 Å². The third-order valence-electron chi connectivity index (χ3n) is 4.23. The number of carbonyl (C=O) groups is 1. The van der Waals surface area contributed by atoms with E-state index in [-0.39, 0.29) is 12.2 Å². The molecule has 5 nitrogen and oxygen atoms in total. The highest BCUT2D eigenvalue weighted by Crippen LogP contribution is 2.37. The smallest absolute Gasteiger partial charge is 0.335 e. The number of methoxy groups -OCH3 is 1. The molecule has 1 N–H and O–H groups in total. The van der Waals surface area contributed by atoms with Crippen LogP contribution in [0.15, 0.2) is 70.1 Å². The Morgan fingerprint density at radius 3 is 2.41 bits per heavy atom. The van der Waals surface area contributed by atoms with E-state index in [1.807, 2.05) is 43.3 Å². The van der Waals surface area contributed by atoms with E-state index in [1.54, 1.807) is 37.6 Å². The van der Waals surface area contributed by atoms with Gasteiger partial charge in [-0.3, -0.25) is 4.99 Å². The normalized spacial score (nSPS) is 10.9. The average Bonchev–Trinajstić information content (AvgIpc) is 2.72. The zero-order chi connectivity index (χ0) is 20.8. The molecule has 0 aliphatic rings. The molecule has 0 saturated carbocycles. The molecule has 0 spiro atoms. The third-order valence-corrected chi connectivity index (χ3v) is 4.82. The lowest BCUT2D eigenvalue weighted by Gasteiger charge is -2.13. The molecular formula is C23H20BrNO4. The summed E-state index contributed by atoms with van der Waals surface area (Å²) in [6.07, 6.45) is 1.77. The van der Waals surface area contributed by atoms with E-state index in [2.05, 4.69) is 20.9 Å². The van der Waals surface area contributed by atoms with Crippen LogP contribution in [0.2, 0.25) is 0 Å². The van der Waals surface area contributed by atoms with E-state index < -0.39 is 5.97 Å². The molecule has 0 heterocycles. The highest BCUT2D eigenvalue weighted by molar-refractivity contribution is 9.10. The number of aryl methyl sites for hydroxylation is 1. The molecule has 148 valence electrons. The van der Waals surface area contributed by atoms with Crippen LogP contribution in [-0.2, 0) is 6.61 Å². The average molecular weight is 454 g/mol. The van der Waals surface area contributed by atoms with Crippen LogP contribution in [0, 0.1) is 6.92 Å². The van der Waals surface area contributed by atoms with Crippen molar-refractivity contribution in [3.8, 4) is 11.5 Å². The van der Waals surface area contributed by atoms with Gasteiger partial charge in [-0.05, 0) is 70.4 Å². The van der Waals surface area contributed by atoms with Crippen LogP contribution < -0.4 is 9.47 Å². The summed E-state index contributed by atoms with van der Waals surface area (Å²) in [6, 6.07) is 18.3. The minimum Gasteiger partial charge on any atom is -0.493 e. The lowest BCUT2D eigenvalue weighted by atomic mass is 10.1. The number of nitrogens with zero attached hydrogens (tertiary/aromatic N) is 1. The van der Waals surface area contributed by atoms with E-state index in [0.717, 1.165) is 21.3 Å². The van der Waals surface area contributed by atoms with Crippen LogP contribution in [-0.4, -0.2) is 24.4 Å². The number of benzene rings is 3. The van der Waals surface area contributed by atoms with E-state index in [0.29, 0.717) is 11.5 Å². The highest BCUT2D eigenvalue weighted by Gasteiger charge is 2.12. The van der Waals surface area contributed by atoms with Crippen LogP contribution in [0.1, 0.15) is 27.0 Å². The summed E-state index contributed by atoms with van der Waals surface area (Å²) in [7, 11) is 1.58. The fourth-order valence-electron chi connectivity index (χ4n) is 2.63. The van der Waals surface area contributed by atoms with Gasteiger partial charge in [-0.15, -0.1) is 0 Å². The molecule has 0 aliphatic heterocycles. The Labute approximate surface area is 177 Å². The Bertz CT molecular complexity index is 1030. The largest absolute Gasteiger partial charge is 0.493 e. The number of aromatic carboxylic acids is 1. The van der Waals surface area contributed by atoms with Crippen molar-refractivity contribution in [3.63, 3.8) is 0 Å². The number of aliphatic imine (C=N–C) groups is 1. The number of hydrogen-bond donors (Lipinski definition) is 1. The zero-order valence-electron chi connectivity index (χ0n) is 16.1. The molecule has 0 bridgehead atoms. The molecule has 3 aromatic rings. The molecule has 3 rings (SSSR count).